The van der Waals surface area contributed by atoms with E-state index in [1.807, 2.05) is 0 Å². The van der Waals surface area contributed by atoms with Gasteiger partial charge in [-0.25, -0.2) is 4.79 Å². The fourth-order valence-corrected chi connectivity index (χ4v) is 3.06. The van der Waals surface area contributed by atoms with Gasteiger partial charge in [0.1, 0.15) is 0 Å². The van der Waals surface area contributed by atoms with Gasteiger partial charge in [0.2, 0.25) is 0 Å². The van der Waals surface area contributed by atoms with Gasteiger partial charge >= 0.3 is 12.0 Å². The number of nitrogens with one attached hydrogen (secondary N) is 2. The summed E-state index contributed by atoms with van der Waals surface area (Å²) in [5.41, 5.74) is -0.878. The highest BCUT2D eigenvalue weighted by Crippen LogP contribution is 2.30. The van der Waals surface area contributed by atoms with Crippen LogP contribution in [0.4, 0.5) is 4.79 Å². The number of carboxylic acids is 1. The van der Waals surface area contributed by atoms with Crippen LogP contribution in [-0.4, -0.2) is 42.9 Å². The van der Waals surface area contributed by atoms with Gasteiger partial charge in [0.25, 0.3) is 0 Å². The van der Waals surface area contributed by atoms with Crippen LogP contribution in [-0.2, 0) is 9.53 Å². The molecule has 2 fully saturated rings. The van der Waals surface area contributed by atoms with Gasteiger partial charge in [0.15, 0.2) is 0 Å². The van der Waals surface area contributed by atoms with Gasteiger partial charge in [-0.05, 0) is 31.6 Å². The normalized spacial score (nSPS) is 28.9. The molecule has 1 aliphatic heterocycles. The van der Waals surface area contributed by atoms with E-state index in [2.05, 4.69) is 17.6 Å². The highest BCUT2D eigenvalue weighted by Gasteiger charge is 2.40. The summed E-state index contributed by atoms with van der Waals surface area (Å²) in [5.74, 6) is -0.354. The molecule has 0 radical (unpaired) electrons. The first-order chi connectivity index (χ1) is 9.53. The highest BCUT2D eigenvalue weighted by molar-refractivity contribution is 5.78. The van der Waals surface area contributed by atoms with E-state index < -0.39 is 11.4 Å². The van der Waals surface area contributed by atoms with Crippen molar-refractivity contribution in [2.24, 2.45) is 11.3 Å². The molecule has 0 aromatic rings. The quantitative estimate of drug-likeness (QED) is 0.727. The van der Waals surface area contributed by atoms with Gasteiger partial charge in [-0.15, -0.1) is 0 Å². The van der Waals surface area contributed by atoms with E-state index in [0.717, 1.165) is 19.3 Å². The molecule has 3 N–H and O–H groups in total. The summed E-state index contributed by atoms with van der Waals surface area (Å²) in [6, 6.07) is -0.0404. The van der Waals surface area contributed by atoms with Gasteiger partial charge in [-0.3, -0.25) is 4.79 Å². The lowest BCUT2D eigenvalue weighted by atomic mass is 9.80. The van der Waals surface area contributed by atoms with Crippen molar-refractivity contribution in [1.82, 2.24) is 10.6 Å². The number of hydrogen-bond acceptors (Lipinski definition) is 3. The van der Waals surface area contributed by atoms with Crippen LogP contribution in [0.25, 0.3) is 0 Å². The third kappa shape index (κ3) is 3.42. The lowest BCUT2D eigenvalue weighted by Crippen LogP contribution is -2.50. The number of carbonyl (C=O) groups is 2. The van der Waals surface area contributed by atoms with Gasteiger partial charge in [-0.1, -0.05) is 13.3 Å². The molecule has 0 spiro atoms. The molecule has 1 saturated carbocycles. The van der Waals surface area contributed by atoms with E-state index in [4.69, 9.17) is 4.74 Å². The van der Waals surface area contributed by atoms with E-state index in [9.17, 15) is 14.7 Å². The third-order valence-electron chi connectivity index (χ3n) is 4.67. The summed E-state index contributed by atoms with van der Waals surface area (Å²) >= 11 is 0. The minimum atomic E-state index is -0.878. The minimum Gasteiger partial charge on any atom is -0.481 e. The Bertz CT molecular complexity index is 366. The van der Waals surface area contributed by atoms with Gasteiger partial charge in [0, 0.05) is 25.8 Å². The summed E-state index contributed by atoms with van der Waals surface area (Å²) in [7, 11) is 0. The summed E-state index contributed by atoms with van der Waals surface area (Å²) < 4.78 is 5.21. The molecule has 1 saturated heterocycles. The zero-order valence-corrected chi connectivity index (χ0v) is 12.0. The SMILES string of the molecule is CC1CCCC1NC(=O)NCC1(C(=O)O)CCOCC1. The van der Waals surface area contributed by atoms with Crippen LogP contribution < -0.4 is 10.6 Å². The molecule has 1 aliphatic carbocycles. The maximum absolute atomic E-state index is 11.9. The van der Waals surface area contributed by atoms with Crippen LogP contribution in [0.5, 0.6) is 0 Å². The molecule has 6 heteroatoms. The van der Waals surface area contributed by atoms with Gasteiger partial charge in [0.05, 0.1) is 5.41 Å². The van der Waals surface area contributed by atoms with E-state index in [0.29, 0.717) is 32.0 Å². The Balaban J connectivity index is 1.83. The van der Waals surface area contributed by atoms with Crippen LogP contribution >= 0.6 is 0 Å². The molecule has 0 bridgehead atoms. The number of rotatable bonds is 4. The molecule has 0 aromatic heterocycles. The Hall–Kier alpha value is -1.30. The summed E-state index contributed by atoms with van der Waals surface area (Å²) in [4.78, 5) is 23.4. The van der Waals surface area contributed by atoms with Crippen LogP contribution in [0.3, 0.4) is 0 Å². The van der Waals surface area contributed by atoms with E-state index in [-0.39, 0.29) is 18.6 Å². The first kappa shape index (κ1) is 15.1. The predicted molar refractivity (Wildman–Crippen MR) is 73.5 cm³/mol. The van der Waals surface area contributed by atoms with Crippen LogP contribution in [0.2, 0.25) is 0 Å². The monoisotopic (exact) mass is 284 g/mol. The lowest BCUT2D eigenvalue weighted by Gasteiger charge is -2.33. The zero-order chi connectivity index (χ0) is 14.6. The maximum Gasteiger partial charge on any atom is 0.315 e. The average molecular weight is 284 g/mol. The summed E-state index contributed by atoms with van der Waals surface area (Å²) in [6.45, 7) is 3.18. The molecule has 20 heavy (non-hydrogen) atoms. The molecule has 2 unspecified atom stereocenters. The second kappa shape index (κ2) is 6.43. The number of carbonyl (C=O) groups excluding carboxylic acids is 1. The van der Waals surface area contributed by atoms with Crippen molar-refractivity contribution in [2.45, 2.75) is 45.1 Å². The molecule has 6 nitrogen and oxygen atoms in total. The van der Waals surface area contributed by atoms with E-state index >= 15 is 0 Å². The molecule has 2 aliphatic rings. The second-order valence-electron chi connectivity index (χ2n) is 6.04. The zero-order valence-electron chi connectivity index (χ0n) is 12.0. The van der Waals surface area contributed by atoms with Crippen molar-refractivity contribution in [3.05, 3.63) is 0 Å². The van der Waals surface area contributed by atoms with Crippen LogP contribution in [0.15, 0.2) is 0 Å². The Kier molecular flexibility index (Phi) is 4.86. The lowest BCUT2D eigenvalue weighted by molar-refractivity contribution is -0.154. The molecule has 2 amide bonds. The number of carboxylic acid groups (broad SMARTS) is 1. The fourth-order valence-electron chi connectivity index (χ4n) is 3.06. The smallest absolute Gasteiger partial charge is 0.315 e. The number of urea groups is 1. The second-order valence-corrected chi connectivity index (χ2v) is 6.04. The predicted octanol–water partition coefficient (Wildman–Crippen LogP) is 1.36. The van der Waals surface area contributed by atoms with Crippen molar-refractivity contribution < 1.29 is 19.4 Å². The molecule has 2 atom stereocenters. The third-order valence-corrected chi connectivity index (χ3v) is 4.67. The first-order valence-corrected chi connectivity index (χ1v) is 7.39. The first-order valence-electron chi connectivity index (χ1n) is 7.39. The Morgan fingerprint density at radius 2 is 2.00 bits per heavy atom. The van der Waals surface area contributed by atoms with Crippen molar-refractivity contribution in [3.63, 3.8) is 0 Å². The fraction of sp³-hybridized carbons (Fsp3) is 0.857. The Morgan fingerprint density at radius 1 is 1.30 bits per heavy atom. The van der Waals surface area contributed by atoms with Crippen molar-refractivity contribution in [3.8, 4) is 0 Å². The highest BCUT2D eigenvalue weighted by atomic mass is 16.5. The standard InChI is InChI=1S/C14H24N2O4/c1-10-3-2-4-11(10)16-13(19)15-9-14(12(17)18)5-7-20-8-6-14/h10-11H,2-9H2,1H3,(H,17,18)(H2,15,16,19). The Labute approximate surface area is 119 Å². The summed E-state index contributed by atoms with van der Waals surface area (Å²) in [5, 5.41) is 15.1. The molecule has 0 aromatic carbocycles. The van der Waals surface area contributed by atoms with Crippen molar-refractivity contribution in [2.75, 3.05) is 19.8 Å². The van der Waals surface area contributed by atoms with E-state index in [1.54, 1.807) is 0 Å². The Morgan fingerprint density at radius 3 is 2.55 bits per heavy atom. The molecular formula is C14H24N2O4. The molecule has 114 valence electrons. The number of amides is 2. The number of ether oxygens (including phenoxy) is 1. The van der Waals surface area contributed by atoms with Crippen LogP contribution in [0, 0.1) is 11.3 Å². The minimum absolute atomic E-state index is 0.165. The summed E-state index contributed by atoms with van der Waals surface area (Å²) in [6.07, 6.45) is 4.18. The van der Waals surface area contributed by atoms with Crippen LogP contribution in [0.1, 0.15) is 39.0 Å². The van der Waals surface area contributed by atoms with Gasteiger partial charge in [-0.2, -0.15) is 0 Å². The van der Waals surface area contributed by atoms with Gasteiger partial charge < -0.3 is 20.5 Å². The van der Waals surface area contributed by atoms with E-state index in [1.165, 1.54) is 0 Å². The van der Waals surface area contributed by atoms with Crippen molar-refractivity contribution >= 4 is 12.0 Å². The number of hydrogen-bond donors (Lipinski definition) is 3. The molecule has 1 heterocycles. The van der Waals surface area contributed by atoms with Crippen molar-refractivity contribution in [1.29, 1.82) is 0 Å². The largest absolute Gasteiger partial charge is 0.481 e. The molecule has 2 rings (SSSR count). The average Bonchev–Trinajstić information content (AvgIpc) is 2.83. The topological polar surface area (TPSA) is 87.7 Å². The molecular weight excluding hydrogens is 260 g/mol. The maximum atomic E-state index is 11.9. The number of aliphatic carboxylic acids is 1.